The zero-order valence-electron chi connectivity index (χ0n) is 14.3. The molecule has 2 aromatic rings. The second kappa shape index (κ2) is 7.69. The Hall–Kier alpha value is -3.35. The molecule has 7 heteroatoms. The highest BCUT2D eigenvalue weighted by molar-refractivity contribution is 6.08. The van der Waals surface area contributed by atoms with E-state index in [2.05, 4.69) is 10.6 Å². The van der Waals surface area contributed by atoms with Gasteiger partial charge in [-0.2, -0.15) is 0 Å². The largest absolute Gasteiger partial charge is 0.494 e. The number of nitrogens with zero attached hydrogens (tertiary/aromatic N) is 1. The van der Waals surface area contributed by atoms with Crippen molar-refractivity contribution in [2.75, 3.05) is 18.5 Å². The Morgan fingerprint density at radius 1 is 1.12 bits per heavy atom. The van der Waals surface area contributed by atoms with E-state index >= 15 is 0 Å². The lowest BCUT2D eigenvalue weighted by Crippen LogP contribution is -2.38. The average Bonchev–Trinajstić information content (AvgIpc) is 2.92. The van der Waals surface area contributed by atoms with E-state index in [0.717, 1.165) is 4.90 Å². The van der Waals surface area contributed by atoms with Crippen LogP contribution in [0.4, 0.5) is 10.5 Å². The van der Waals surface area contributed by atoms with Crippen molar-refractivity contribution in [1.82, 2.24) is 10.2 Å². The number of rotatable bonds is 6. The zero-order chi connectivity index (χ0) is 18.5. The molecule has 7 nitrogen and oxygen atoms in total. The van der Waals surface area contributed by atoms with E-state index in [1.165, 1.54) is 0 Å². The topological polar surface area (TPSA) is 87.7 Å². The van der Waals surface area contributed by atoms with E-state index in [4.69, 9.17) is 4.74 Å². The quantitative estimate of drug-likeness (QED) is 0.780. The predicted octanol–water partition coefficient (Wildman–Crippen LogP) is 2.32. The van der Waals surface area contributed by atoms with Crippen LogP contribution in [0.3, 0.4) is 0 Å². The van der Waals surface area contributed by atoms with Crippen LogP contribution in [0.1, 0.15) is 18.5 Å². The molecule has 3 rings (SSSR count). The first-order valence-electron chi connectivity index (χ1n) is 8.28. The van der Waals surface area contributed by atoms with Crippen molar-refractivity contribution in [2.24, 2.45) is 0 Å². The normalized spacial score (nSPS) is 16.3. The van der Waals surface area contributed by atoms with Crippen molar-refractivity contribution in [2.45, 2.75) is 13.0 Å². The summed E-state index contributed by atoms with van der Waals surface area (Å²) in [6.45, 7) is 2.10. The van der Waals surface area contributed by atoms with Crippen LogP contribution in [0.2, 0.25) is 0 Å². The zero-order valence-corrected chi connectivity index (χ0v) is 14.3. The molecule has 2 aromatic carbocycles. The molecule has 2 N–H and O–H groups in total. The van der Waals surface area contributed by atoms with Crippen molar-refractivity contribution in [3.63, 3.8) is 0 Å². The van der Waals surface area contributed by atoms with Crippen LogP contribution in [0.25, 0.3) is 0 Å². The summed E-state index contributed by atoms with van der Waals surface area (Å²) in [5.41, 5.74) is 1.24. The van der Waals surface area contributed by atoms with E-state index in [1.807, 2.05) is 13.0 Å². The summed E-state index contributed by atoms with van der Waals surface area (Å²) >= 11 is 0. The van der Waals surface area contributed by atoms with Gasteiger partial charge in [-0.15, -0.1) is 0 Å². The second-order valence-corrected chi connectivity index (χ2v) is 5.72. The molecular formula is C19H19N3O4. The first-order valence-corrected chi connectivity index (χ1v) is 8.28. The Labute approximate surface area is 150 Å². The number of nitrogens with one attached hydrogen (secondary N) is 2. The highest BCUT2D eigenvalue weighted by Crippen LogP contribution is 2.22. The summed E-state index contributed by atoms with van der Waals surface area (Å²) in [6, 6.07) is 14.4. The molecule has 1 aliphatic heterocycles. The van der Waals surface area contributed by atoms with Gasteiger partial charge in [0, 0.05) is 5.69 Å². The maximum Gasteiger partial charge on any atom is 0.325 e. The van der Waals surface area contributed by atoms with E-state index in [1.54, 1.807) is 48.5 Å². The number of benzene rings is 2. The maximum absolute atomic E-state index is 12.5. The smallest absolute Gasteiger partial charge is 0.325 e. The molecule has 1 saturated heterocycles. The molecule has 4 amide bonds. The number of urea groups is 1. The molecule has 0 aliphatic carbocycles. The minimum atomic E-state index is -0.762. The predicted molar refractivity (Wildman–Crippen MR) is 95.7 cm³/mol. The third-order valence-corrected chi connectivity index (χ3v) is 3.91. The van der Waals surface area contributed by atoms with Crippen LogP contribution < -0.4 is 15.4 Å². The van der Waals surface area contributed by atoms with Crippen LogP contribution in [-0.2, 0) is 9.59 Å². The third kappa shape index (κ3) is 3.83. The van der Waals surface area contributed by atoms with Crippen LogP contribution >= 0.6 is 0 Å². The SMILES string of the molecule is CCOc1ccc(NC(=O)CN2C(=O)NC(c3ccccc3)C2=O)cc1. The Bertz CT molecular complexity index is 805. The Morgan fingerprint density at radius 2 is 1.81 bits per heavy atom. The van der Waals surface area contributed by atoms with Gasteiger partial charge in [0.15, 0.2) is 0 Å². The molecule has 0 bridgehead atoms. The molecule has 1 aliphatic rings. The van der Waals surface area contributed by atoms with Crippen molar-refractivity contribution < 1.29 is 19.1 Å². The van der Waals surface area contributed by atoms with E-state index in [-0.39, 0.29) is 6.54 Å². The van der Waals surface area contributed by atoms with Gasteiger partial charge in [0.2, 0.25) is 5.91 Å². The van der Waals surface area contributed by atoms with Gasteiger partial charge in [0.25, 0.3) is 5.91 Å². The van der Waals surface area contributed by atoms with Gasteiger partial charge in [0.1, 0.15) is 18.3 Å². The first-order chi connectivity index (χ1) is 12.6. The number of imide groups is 1. The van der Waals surface area contributed by atoms with Gasteiger partial charge >= 0.3 is 6.03 Å². The molecule has 26 heavy (non-hydrogen) atoms. The minimum absolute atomic E-state index is 0.346. The number of hydrogen-bond donors (Lipinski definition) is 2. The highest BCUT2D eigenvalue weighted by atomic mass is 16.5. The summed E-state index contributed by atoms with van der Waals surface area (Å²) in [7, 11) is 0. The summed E-state index contributed by atoms with van der Waals surface area (Å²) in [5, 5.41) is 5.27. The van der Waals surface area contributed by atoms with E-state index < -0.39 is 23.9 Å². The Balaban J connectivity index is 1.62. The number of anilines is 1. The van der Waals surface area contributed by atoms with Crippen LogP contribution in [-0.4, -0.2) is 35.9 Å². The molecular weight excluding hydrogens is 334 g/mol. The fraction of sp³-hybridized carbons (Fsp3) is 0.211. The monoisotopic (exact) mass is 353 g/mol. The first kappa shape index (κ1) is 17.5. The molecule has 0 spiro atoms. The molecule has 134 valence electrons. The van der Waals surface area contributed by atoms with Gasteiger partial charge in [-0.1, -0.05) is 30.3 Å². The number of hydrogen-bond acceptors (Lipinski definition) is 4. The summed E-state index contributed by atoms with van der Waals surface area (Å²) < 4.78 is 5.34. The molecule has 0 radical (unpaired) electrons. The van der Waals surface area contributed by atoms with Gasteiger partial charge in [0.05, 0.1) is 6.61 Å². The summed E-state index contributed by atoms with van der Waals surface area (Å²) in [4.78, 5) is 37.7. The van der Waals surface area contributed by atoms with E-state index in [0.29, 0.717) is 23.6 Å². The van der Waals surface area contributed by atoms with Gasteiger partial charge in [-0.05, 0) is 36.8 Å². The summed E-state index contributed by atoms with van der Waals surface area (Å²) in [6.07, 6.45) is 0. The van der Waals surface area contributed by atoms with Crippen LogP contribution in [0.15, 0.2) is 54.6 Å². The molecule has 1 atom stereocenters. The fourth-order valence-corrected chi connectivity index (χ4v) is 2.69. The standard InChI is InChI=1S/C19H19N3O4/c1-2-26-15-10-8-14(9-11-15)20-16(23)12-22-18(24)17(21-19(22)25)13-6-4-3-5-7-13/h3-11,17H,2,12H2,1H3,(H,20,23)(H,21,25). The average molecular weight is 353 g/mol. The molecule has 0 aromatic heterocycles. The van der Waals surface area contributed by atoms with Crippen molar-refractivity contribution in [1.29, 1.82) is 0 Å². The van der Waals surface area contributed by atoms with Crippen molar-refractivity contribution >= 4 is 23.5 Å². The second-order valence-electron chi connectivity index (χ2n) is 5.72. The number of ether oxygens (including phenoxy) is 1. The molecule has 1 fully saturated rings. The van der Waals surface area contributed by atoms with Crippen molar-refractivity contribution in [3.05, 3.63) is 60.2 Å². The number of amides is 4. The van der Waals surface area contributed by atoms with E-state index in [9.17, 15) is 14.4 Å². The van der Waals surface area contributed by atoms with Crippen molar-refractivity contribution in [3.8, 4) is 5.75 Å². The maximum atomic E-state index is 12.5. The Kier molecular flexibility index (Phi) is 5.17. The minimum Gasteiger partial charge on any atom is -0.494 e. The van der Waals surface area contributed by atoms with Crippen LogP contribution in [0.5, 0.6) is 5.75 Å². The fourth-order valence-electron chi connectivity index (χ4n) is 2.69. The third-order valence-electron chi connectivity index (χ3n) is 3.91. The Morgan fingerprint density at radius 3 is 2.46 bits per heavy atom. The summed E-state index contributed by atoms with van der Waals surface area (Å²) in [5.74, 6) is -0.195. The molecule has 1 heterocycles. The molecule has 1 unspecified atom stereocenters. The number of carbonyl (C=O) groups excluding carboxylic acids is 3. The number of carbonyl (C=O) groups is 3. The van der Waals surface area contributed by atoms with Gasteiger partial charge in [-0.25, -0.2) is 4.79 Å². The molecule has 0 saturated carbocycles. The van der Waals surface area contributed by atoms with Gasteiger partial charge in [-0.3, -0.25) is 14.5 Å². The highest BCUT2D eigenvalue weighted by Gasteiger charge is 2.39. The van der Waals surface area contributed by atoms with Crippen LogP contribution in [0, 0.1) is 0 Å². The lowest BCUT2D eigenvalue weighted by atomic mass is 10.1. The van der Waals surface area contributed by atoms with Gasteiger partial charge < -0.3 is 15.4 Å². The lowest BCUT2D eigenvalue weighted by Gasteiger charge is -2.13. The lowest BCUT2D eigenvalue weighted by molar-refractivity contribution is -0.130.